The molecule has 0 N–H and O–H groups in total. The fraction of sp³-hybridized carbons (Fsp3) is 0.250. The van der Waals surface area contributed by atoms with Crippen LogP contribution in [-0.4, -0.2) is 32.5 Å². The second kappa shape index (κ2) is 6.87. The van der Waals surface area contributed by atoms with Crippen LogP contribution in [0.25, 0.3) is 11.7 Å². The van der Waals surface area contributed by atoms with Crippen LogP contribution in [0.4, 0.5) is 0 Å². The van der Waals surface area contributed by atoms with E-state index in [2.05, 4.69) is 15.2 Å². The largest absolute Gasteiger partial charge is 0.459 e. The Balaban J connectivity index is 1.76. The Kier molecular flexibility index (Phi) is 4.46. The van der Waals surface area contributed by atoms with Gasteiger partial charge in [0.1, 0.15) is 5.69 Å². The number of carbonyl (C=O) groups excluding carboxylic acids is 1. The summed E-state index contributed by atoms with van der Waals surface area (Å²) in [6.07, 6.45) is 3.95. The van der Waals surface area contributed by atoms with Crippen LogP contribution in [0.1, 0.15) is 29.7 Å². The molecule has 0 aliphatic carbocycles. The van der Waals surface area contributed by atoms with Gasteiger partial charge in [-0.05, 0) is 30.7 Å². The van der Waals surface area contributed by atoms with E-state index in [-0.39, 0.29) is 12.5 Å². The van der Waals surface area contributed by atoms with E-state index in [1.165, 1.54) is 6.26 Å². The van der Waals surface area contributed by atoms with Gasteiger partial charge in [-0.2, -0.15) is 0 Å². The molecule has 1 amide bonds. The Morgan fingerprint density at radius 1 is 1.22 bits per heavy atom. The first-order valence-corrected chi connectivity index (χ1v) is 7.34. The van der Waals surface area contributed by atoms with Crippen LogP contribution >= 0.6 is 0 Å². The molecule has 0 aliphatic rings. The zero-order chi connectivity index (χ0) is 16.1. The van der Waals surface area contributed by atoms with E-state index in [1.807, 2.05) is 6.92 Å². The molecule has 0 spiro atoms. The number of pyridine rings is 1. The van der Waals surface area contributed by atoms with Crippen LogP contribution in [-0.2, 0) is 6.54 Å². The summed E-state index contributed by atoms with van der Waals surface area (Å²) in [6, 6.07) is 8.72. The molecule has 3 aromatic rings. The zero-order valence-corrected chi connectivity index (χ0v) is 12.7. The van der Waals surface area contributed by atoms with Crippen molar-refractivity contribution in [3.05, 3.63) is 54.4 Å². The number of aromatic nitrogens is 3. The number of carbonyl (C=O) groups is 1. The highest BCUT2D eigenvalue weighted by molar-refractivity contribution is 5.92. The quantitative estimate of drug-likeness (QED) is 0.695. The molecule has 7 heteroatoms. The predicted octanol–water partition coefficient (Wildman–Crippen LogP) is 2.78. The molecular weight excluding hydrogens is 296 g/mol. The highest BCUT2D eigenvalue weighted by Gasteiger charge is 2.20. The molecule has 7 nitrogen and oxygen atoms in total. The van der Waals surface area contributed by atoms with E-state index in [9.17, 15) is 4.79 Å². The molecule has 0 saturated heterocycles. The van der Waals surface area contributed by atoms with Gasteiger partial charge in [-0.25, -0.2) is 0 Å². The summed E-state index contributed by atoms with van der Waals surface area (Å²) in [5.74, 6) is 0.993. The predicted molar refractivity (Wildman–Crippen MR) is 81.3 cm³/mol. The molecule has 0 saturated carbocycles. The Morgan fingerprint density at radius 3 is 2.83 bits per heavy atom. The van der Waals surface area contributed by atoms with Crippen molar-refractivity contribution in [1.29, 1.82) is 0 Å². The maximum Gasteiger partial charge on any atom is 0.283 e. The molecule has 3 aromatic heterocycles. The van der Waals surface area contributed by atoms with Crippen molar-refractivity contribution in [2.45, 2.75) is 19.9 Å². The van der Waals surface area contributed by atoms with Crippen molar-refractivity contribution in [1.82, 2.24) is 20.1 Å². The topological polar surface area (TPSA) is 85.3 Å². The molecule has 0 fully saturated rings. The Hall–Kier alpha value is -2.96. The van der Waals surface area contributed by atoms with Gasteiger partial charge >= 0.3 is 0 Å². The summed E-state index contributed by atoms with van der Waals surface area (Å²) < 4.78 is 10.8. The third-order valence-corrected chi connectivity index (χ3v) is 3.19. The molecule has 0 unspecified atom stereocenters. The number of rotatable bonds is 6. The maximum absolute atomic E-state index is 12.5. The lowest BCUT2D eigenvalue weighted by molar-refractivity contribution is 0.0722. The van der Waals surface area contributed by atoms with Gasteiger partial charge in [0.2, 0.25) is 5.89 Å². The van der Waals surface area contributed by atoms with Gasteiger partial charge in [0.25, 0.3) is 11.8 Å². The lowest BCUT2D eigenvalue weighted by Crippen LogP contribution is -2.32. The Morgan fingerprint density at radius 2 is 2.13 bits per heavy atom. The van der Waals surface area contributed by atoms with Gasteiger partial charge in [0.15, 0.2) is 5.76 Å². The summed E-state index contributed by atoms with van der Waals surface area (Å²) in [7, 11) is 0. The lowest BCUT2D eigenvalue weighted by Gasteiger charge is -2.19. The van der Waals surface area contributed by atoms with E-state index in [0.29, 0.717) is 29.8 Å². The van der Waals surface area contributed by atoms with Gasteiger partial charge in [-0.15, -0.1) is 10.2 Å². The minimum atomic E-state index is -0.162. The molecule has 3 rings (SSSR count). The van der Waals surface area contributed by atoms with Crippen molar-refractivity contribution < 1.29 is 13.6 Å². The van der Waals surface area contributed by atoms with Gasteiger partial charge in [0.05, 0.1) is 12.8 Å². The molecule has 0 aromatic carbocycles. The van der Waals surface area contributed by atoms with Crippen molar-refractivity contribution >= 4 is 5.91 Å². The number of furan rings is 1. The molecule has 118 valence electrons. The molecule has 0 aliphatic heterocycles. The van der Waals surface area contributed by atoms with Crippen molar-refractivity contribution in [3.63, 3.8) is 0 Å². The SMILES string of the molecule is CCCN(Cc1nnc(-c2ccco2)o1)C(=O)c1ccccn1. The van der Waals surface area contributed by atoms with E-state index in [1.54, 1.807) is 41.4 Å². The van der Waals surface area contributed by atoms with Crippen LogP contribution in [0.5, 0.6) is 0 Å². The minimum absolute atomic E-state index is 0.162. The lowest BCUT2D eigenvalue weighted by atomic mass is 10.3. The summed E-state index contributed by atoms with van der Waals surface area (Å²) in [5, 5.41) is 7.92. The van der Waals surface area contributed by atoms with E-state index in [0.717, 1.165) is 6.42 Å². The van der Waals surface area contributed by atoms with Crippen LogP contribution in [0, 0.1) is 0 Å². The summed E-state index contributed by atoms with van der Waals surface area (Å²) >= 11 is 0. The first-order chi connectivity index (χ1) is 11.3. The molecule has 3 heterocycles. The normalized spacial score (nSPS) is 10.7. The number of nitrogens with zero attached hydrogens (tertiary/aromatic N) is 4. The first-order valence-electron chi connectivity index (χ1n) is 7.34. The molecule has 0 radical (unpaired) electrons. The van der Waals surface area contributed by atoms with Crippen LogP contribution in [0.15, 0.2) is 51.6 Å². The van der Waals surface area contributed by atoms with Crippen LogP contribution in [0.2, 0.25) is 0 Å². The summed E-state index contributed by atoms with van der Waals surface area (Å²) in [4.78, 5) is 18.3. The number of hydrogen-bond donors (Lipinski definition) is 0. The van der Waals surface area contributed by atoms with Gasteiger partial charge < -0.3 is 13.7 Å². The zero-order valence-electron chi connectivity index (χ0n) is 12.7. The highest BCUT2D eigenvalue weighted by Crippen LogP contribution is 2.19. The maximum atomic E-state index is 12.5. The summed E-state index contributed by atoms with van der Waals surface area (Å²) in [6.45, 7) is 2.81. The third-order valence-electron chi connectivity index (χ3n) is 3.19. The van der Waals surface area contributed by atoms with Crippen LogP contribution in [0.3, 0.4) is 0 Å². The minimum Gasteiger partial charge on any atom is -0.459 e. The number of amides is 1. The highest BCUT2D eigenvalue weighted by atomic mass is 16.4. The average molecular weight is 312 g/mol. The number of hydrogen-bond acceptors (Lipinski definition) is 6. The fourth-order valence-electron chi connectivity index (χ4n) is 2.15. The van der Waals surface area contributed by atoms with E-state index < -0.39 is 0 Å². The fourth-order valence-corrected chi connectivity index (χ4v) is 2.15. The Labute approximate surface area is 133 Å². The molecule has 23 heavy (non-hydrogen) atoms. The van der Waals surface area contributed by atoms with Gasteiger partial charge in [-0.1, -0.05) is 13.0 Å². The molecule has 0 bridgehead atoms. The van der Waals surface area contributed by atoms with Crippen LogP contribution < -0.4 is 0 Å². The average Bonchev–Trinajstić information content (AvgIpc) is 3.26. The third kappa shape index (κ3) is 3.45. The van der Waals surface area contributed by atoms with Gasteiger partial charge in [0, 0.05) is 12.7 Å². The van der Waals surface area contributed by atoms with E-state index >= 15 is 0 Å². The van der Waals surface area contributed by atoms with E-state index in [4.69, 9.17) is 8.83 Å². The second-order valence-corrected chi connectivity index (χ2v) is 4.92. The smallest absolute Gasteiger partial charge is 0.283 e. The standard InChI is InChI=1S/C16H16N4O3/c1-2-9-20(16(21)12-6-3-4-8-17-12)11-14-18-19-15(23-14)13-7-5-10-22-13/h3-8,10H,2,9,11H2,1H3. The van der Waals surface area contributed by atoms with Crippen molar-refractivity contribution in [2.75, 3.05) is 6.54 Å². The summed E-state index contributed by atoms with van der Waals surface area (Å²) in [5.41, 5.74) is 0.395. The molecule has 0 atom stereocenters. The Bertz CT molecular complexity index is 753. The second-order valence-electron chi connectivity index (χ2n) is 4.92. The van der Waals surface area contributed by atoms with Crippen molar-refractivity contribution in [3.8, 4) is 11.7 Å². The van der Waals surface area contributed by atoms with Gasteiger partial charge in [-0.3, -0.25) is 9.78 Å². The first kappa shape index (κ1) is 15.0. The van der Waals surface area contributed by atoms with Crippen molar-refractivity contribution in [2.24, 2.45) is 0 Å². The monoisotopic (exact) mass is 312 g/mol. The molecular formula is C16H16N4O3.